The molecule has 1 aliphatic rings. The molecule has 0 saturated heterocycles. The normalized spacial score (nSPS) is 20.3. The van der Waals surface area contributed by atoms with Crippen molar-refractivity contribution in [3.05, 3.63) is 0 Å². The molecular formula is C13H29N3O. The summed E-state index contributed by atoms with van der Waals surface area (Å²) in [4.78, 5) is 2.37. The second-order valence-electron chi connectivity index (χ2n) is 5.44. The maximum atomic E-state index is 5.56. The van der Waals surface area contributed by atoms with Crippen LogP contribution >= 0.6 is 0 Å². The summed E-state index contributed by atoms with van der Waals surface area (Å²) in [7, 11) is 6.14. The van der Waals surface area contributed by atoms with Crippen molar-refractivity contribution in [1.82, 2.24) is 10.2 Å². The molecule has 1 fully saturated rings. The molecule has 0 heterocycles. The Balaban J connectivity index is 2.33. The van der Waals surface area contributed by atoms with Crippen LogP contribution in [0.5, 0.6) is 0 Å². The van der Waals surface area contributed by atoms with E-state index in [4.69, 9.17) is 10.5 Å². The van der Waals surface area contributed by atoms with Crippen LogP contribution in [-0.4, -0.2) is 57.4 Å². The van der Waals surface area contributed by atoms with Crippen LogP contribution in [0.2, 0.25) is 0 Å². The van der Waals surface area contributed by atoms with E-state index in [2.05, 4.69) is 24.3 Å². The highest BCUT2D eigenvalue weighted by atomic mass is 16.5. The van der Waals surface area contributed by atoms with Crippen molar-refractivity contribution in [1.29, 1.82) is 0 Å². The number of hydrogen-bond acceptors (Lipinski definition) is 4. The predicted molar refractivity (Wildman–Crippen MR) is 72.2 cm³/mol. The van der Waals surface area contributed by atoms with Gasteiger partial charge in [-0.1, -0.05) is 0 Å². The Hall–Kier alpha value is -0.160. The second kappa shape index (κ2) is 7.31. The van der Waals surface area contributed by atoms with Crippen LogP contribution in [0.4, 0.5) is 0 Å². The molecule has 1 rings (SSSR count). The molecule has 1 aliphatic carbocycles. The van der Waals surface area contributed by atoms with E-state index in [1.165, 1.54) is 19.3 Å². The highest BCUT2D eigenvalue weighted by Gasteiger charge is 2.38. The minimum atomic E-state index is 0.384. The van der Waals surface area contributed by atoms with E-state index in [-0.39, 0.29) is 0 Å². The second-order valence-corrected chi connectivity index (χ2v) is 5.44. The van der Waals surface area contributed by atoms with Gasteiger partial charge < -0.3 is 20.7 Å². The molecule has 0 aromatic carbocycles. The number of methoxy groups -OCH3 is 1. The van der Waals surface area contributed by atoms with Gasteiger partial charge in [-0.3, -0.25) is 0 Å². The van der Waals surface area contributed by atoms with E-state index < -0.39 is 0 Å². The van der Waals surface area contributed by atoms with E-state index in [0.29, 0.717) is 11.6 Å². The molecule has 0 aromatic rings. The van der Waals surface area contributed by atoms with Gasteiger partial charge in [0.25, 0.3) is 0 Å². The summed E-state index contributed by atoms with van der Waals surface area (Å²) in [5.41, 5.74) is 5.95. The first-order chi connectivity index (χ1) is 8.14. The van der Waals surface area contributed by atoms with E-state index in [0.717, 1.165) is 32.5 Å². The number of nitrogens with one attached hydrogen (secondary N) is 1. The van der Waals surface area contributed by atoms with Crippen LogP contribution in [0.3, 0.4) is 0 Å². The van der Waals surface area contributed by atoms with Crippen LogP contribution in [0, 0.1) is 0 Å². The van der Waals surface area contributed by atoms with Crippen LogP contribution < -0.4 is 11.1 Å². The molecule has 0 spiro atoms. The van der Waals surface area contributed by atoms with E-state index >= 15 is 0 Å². The molecule has 4 heteroatoms. The lowest BCUT2D eigenvalue weighted by Gasteiger charge is -2.48. The fourth-order valence-electron chi connectivity index (χ4n) is 2.51. The van der Waals surface area contributed by atoms with Crippen LogP contribution in [0.1, 0.15) is 32.1 Å². The van der Waals surface area contributed by atoms with Crippen molar-refractivity contribution < 1.29 is 4.74 Å². The Kier molecular flexibility index (Phi) is 6.41. The molecule has 3 N–H and O–H groups in total. The first-order valence-corrected chi connectivity index (χ1v) is 6.74. The lowest BCUT2D eigenvalue weighted by atomic mass is 9.75. The summed E-state index contributed by atoms with van der Waals surface area (Å²) in [5, 5.41) is 3.66. The zero-order chi connectivity index (χ0) is 12.7. The molecule has 0 aromatic heterocycles. The average Bonchev–Trinajstić information content (AvgIpc) is 2.23. The van der Waals surface area contributed by atoms with Crippen molar-refractivity contribution >= 4 is 0 Å². The molecule has 1 atom stereocenters. The fraction of sp³-hybridized carbons (Fsp3) is 1.00. The van der Waals surface area contributed by atoms with Crippen LogP contribution in [-0.2, 0) is 4.74 Å². The minimum Gasteiger partial charge on any atom is -0.383 e. The minimum absolute atomic E-state index is 0.384. The Morgan fingerprint density at radius 1 is 1.41 bits per heavy atom. The van der Waals surface area contributed by atoms with Crippen molar-refractivity contribution in [2.75, 3.05) is 40.9 Å². The molecular weight excluding hydrogens is 214 g/mol. The Bertz CT molecular complexity index is 205. The van der Waals surface area contributed by atoms with Crippen LogP contribution in [0.15, 0.2) is 0 Å². The monoisotopic (exact) mass is 243 g/mol. The Morgan fingerprint density at radius 2 is 2.12 bits per heavy atom. The maximum absolute atomic E-state index is 5.56. The Labute approximate surface area is 106 Å². The van der Waals surface area contributed by atoms with Gasteiger partial charge in [0, 0.05) is 25.2 Å². The van der Waals surface area contributed by atoms with Gasteiger partial charge in [-0.15, -0.1) is 0 Å². The number of likely N-dealkylation sites (N-methyl/N-ethyl adjacent to an activating group) is 1. The first-order valence-electron chi connectivity index (χ1n) is 6.74. The molecule has 1 saturated carbocycles. The molecule has 17 heavy (non-hydrogen) atoms. The summed E-state index contributed by atoms with van der Waals surface area (Å²) in [5.74, 6) is 0. The highest BCUT2D eigenvalue weighted by Crippen LogP contribution is 2.35. The van der Waals surface area contributed by atoms with Gasteiger partial charge in [0.05, 0.1) is 6.61 Å². The summed E-state index contributed by atoms with van der Waals surface area (Å²) in [6.07, 6.45) is 6.15. The molecule has 0 amide bonds. The van der Waals surface area contributed by atoms with Crippen molar-refractivity contribution in [3.8, 4) is 0 Å². The zero-order valence-electron chi connectivity index (χ0n) is 11.7. The maximum Gasteiger partial charge on any atom is 0.0615 e. The van der Waals surface area contributed by atoms with Crippen molar-refractivity contribution in [2.24, 2.45) is 5.73 Å². The fourth-order valence-corrected chi connectivity index (χ4v) is 2.51. The number of nitrogens with zero attached hydrogens (tertiary/aromatic N) is 1. The molecule has 0 bridgehead atoms. The third-order valence-electron chi connectivity index (χ3n) is 4.08. The SMILES string of the molecule is COCC(CCCN)NCC1(N(C)C)CCC1. The lowest BCUT2D eigenvalue weighted by Crippen LogP contribution is -2.58. The zero-order valence-corrected chi connectivity index (χ0v) is 11.7. The number of rotatable bonds is 9. The van der Waals surface area contributed by atoms with E-state index in [1.807, 2.05) is 0 Å². The largest absolute Gasteiger partial charge is 0.383 e. The third kappa shape index (κ3) is 4.21. The number of ether oxygens (including phenoxy) is 1. The van der Waals surface area contributed by atoms with Crippen LogP contribution in [0.25, 0.3) is 0 Å². The summed E-state index contributed by atoms with van der Waals surface area (Å²) in [6, 6.07) is 0.445. The van der Waals surface area contributed by atoms with E-state index in [1.54, 1.807) is 7.11 Å². The van der Waals surface area contributed by atoms with Gasteiger partial charge in [0.15, 0.2) is 0 Å². The van der Waals surface area contributed by atoms with Gasteiger partial charge in [-0.05, 0) is 52.7 Å². The van der Waals surface area contributed by atoms with E-state index in [9.17, 15) is 0 Å². The molecule has 4 nitrogen and oxygen atoms in total. The van der Waals surface area contributed by atoms with Gasteiger partial charge in [0.2, 0.25) is 0 Å². The average molecular weight is 243 g/mol. The topological polar surface area (TPSA) is 50.5 Å². The first kappa shape index (κ1) is 14.9. The van der Waals surface area contributed by atoms with Gasteiger partial charge in [-0.25, -0.2) is 0 Å². The predicted octanol–water partition coefficient (Wildman–Crippen LogP) is 0.814. The molecule has 0 aliphatic heterocycles. The molecule has 1 unspecified atom stereocenters. The number of nitrogens with two attached hydrogens (primary N) is 1. The molecule has 0 radical (unpaired) electrons. The summed E-state index contributed by atoms with van der Waals surface area (Å²) in [6.45, 7) is 2.61. The Morgan fingerprint density at radius 3 is 2.53 bits per heavy atom. The summed E-state index contributed by atoms with van der Waals surface area (Å²) >= 11 is 0. The van der Waals surface area contributed by atoms with Gasteiger partial charge >= 0.3 is 0 Å². The van der Waals surface area contributed by atoms with Crippen molar-refractivity contribution in [2.45, 2.75) is 43.7 Å². The quantitative estimate of drug-likeness (QED) is 0.629. The van der Waals surface area contributed by atoms with Crippen molar-refractivity contribution in [3.63, 3.8) is 0 Å². The highest BCUT2D eigenvalue weighted by molar-refractivity contribution is 4.98. The van der Waals surface area contributed by atoms with Gasteiger partial charge in [-0.2, -0.15) is 0 Å². The van der Waals surface area contributed by atoms with Gasteiger partial charge in [0.1, 0.15) is 0 Å². The lowest BCUT2D eigenvalue weighted by molar-refractivity contribution is 0.0514. The third-order valence-corrected chi connectivity index (χ3v) is 4.08. The number of hydrogen-bond donors (Lipinski definition) is 2. The standard InChI is InChI=1S/C13H29N3O/c1-16(2)13(7-5-8-13)11-15-12(10-17-3)6-4-9-14/h12,15H,4-11,14H2,1-3H3. The molecule has 102 valence electrons. The summed E-state index contributed by atoms with van der Waals surface area (Å²) < 4.78 is 5.26. The smallest absolute Gasteiger partial charge is 0.0615 e.